The molecule has 0 aliphatic carbocycles. The van der Waals surface area contributed by atoms with Crippen molar-refractivity contribution in [3.8, 4) is 0 Å². The summed E-state index contributed by atoms with van der Waals surface area (Å²) in [5, 5.41) is 0.639. The molecule has 20 heavy (non-hydrogen) atoms. The van der Waals surface area contributed by atoms with Crippen molar-refractivity contribution >= 4 is 17.7 Å². The number of piperidine rings is 1. The summed E-state index contributed by atoms with van der Waals surface area (Å²) in [4.78, 5) is 13.9. The number of hydrogen-bond acceptors (Lipinski definition) is 2. The molecular weight excluding hydrogens is 280 g/mol. The highest BCUT2D eigenvalue weighted by Gasteiger charge is 2.22. The smallest absolute Gasteiger partial charge is 0.222 e. The van der Waals surface area contributed by atoms with E-state index in [4.69, 9.17) is 0 Å². The molecule has 1 amide bonds. The van der Waals surface area contributed by atoms with Crippen molar-refractivity contribution in [2.45, 2.75) is 30.9 Å². The normalized spacial score (nSPS) is 16.4. The highest BCUT2D eigenvalue weighted by Crippen LogP contribution is 2.21. The Kier molecular flexibility index (Phi) is 5.40. The molecule has 1 heterocycles. The van der Waals surface area contributed by atoms with Crippen LogP contribution in [0.1, 0.15) is 24.8 Å². The van der Waals surface area contributed by atoms with E-state index >= 15 is 0 Å². The molecule has 0 atom stereocenters. The van der Waals surface area contributed by atoms with Gasteiger partial charge in [-0.15, -0.1) is 0 Å². The lowest BCUT2D eigenvalue weighted by Gasteiger charge is -2.31. The van der Waals surface area contributed by atoms with Gasteiger partial charge in [-0.05, 0) is 49.3 Å². The molecule has 110 valence electrons. The van der Waals surface area contributed by atoms with Gasteiger partial charge in [0, 0.05) is 24.8 Å². The molecule has 0 radical (unpaired) electrons. The van der Waals surface area contributed by atoms with E-state index in [2.05, 4.69) is 6.26 Å². The molecule has 2 nitrogen and oxygen atoms in total. The van der Waals surface area contributed by atoms with E-state index in [0.717, 1.165) is 38.1 Å². The van der Waals surface area contributed by atoms with Gasteiger partial charge in [0.05, 0.1) is 0 Å². The number of aryl methyl sites for hydroxylation is 1. The van der Waals surface area contributed by atoms with Gasteiger partial charge < -0.3 is 4.90 Å². The van der Waals surface area contributed by atoms with Crippen LogP contribution >= 0.6 is 11.8 Å². The summed E-state index contributed by atoms with van der Waals surface area (Å²) in [6, 6.07) is 3.37. The molecule has 1 aromatic carbocycles. The second-order valence-electron chi connectivity index (χ2n) is 5.05. The zero-order valence-electron chi connectivity index (χ0n) is 11.6. The van der Waals surface area contributed by atoms with E-state index in [-0.39, 0.29) is 24.3 Å². The van der Waals surface area contributed by atoms with Gasteiger partial charge in [0.25, 0.3) is 0 Å². The summed E-state index contributed by atoms with van der Waals surface area (Å²) in [6.45, 7) is 1.55. The summed E-state index contributed by atoms with van der Waals surface area (Å²) in [7, 11) is 0. The SMILES string of the molecule is CSC1CCN(C(=O)CCc2cc(F)ccc2F)CC1. The number of nitrogens with zero attached hydrogens (tertiary/aromatic N) is 1. The predicted octanol–water partition coefficient (Wildman–Crippen LogP) is 3.25. The van der Waals surface area contributed by atoms with Crippen LogP contribution < -0.4 is 0 Å². The topological polar surface area (TPSA) is 20.3 Å². The molecule has 5 heteroatoms. The first kappa shape index (κ1) is 15.3. The summed E-state index contributed by atoms with van der Waals surface area (Å²) in [5.74, 6) is -0.872. The van der Waals surface area contributed by atoms with Crippen LogP contribution in [0.3, 0.4) is 0 Å². The van der Waals surface area contributed by atoms with Gasteiger partial charge in [-0.25, -0.2) is 8.78 Å². The maximum absolute atomic E-state index is 13.5. The van der Waals surface area contributed by atoms with Gasteiger partial charge in [0.2, 0.25) is 5.91 Å². The molecule has 0 N–H and O–H groups in total. The Morgan fingerprint density at radius 2 is 2.05 bits per heavy atom. The first-order valence-electron chi connectivity index (χ1n) is 6.84. The fourth-order valence-corrected chi connectivity index (χ4v) is 3.16. The van der Waals surface area contributed by atoms with E-state index in [9.17, 15) is 13.6 Å². The molecule has 1 saturated heterocycles. The molecule has 0 bridgehead atoms. The molecular formula is C15H19F2NOS. The van der Waals surface area contributed by atoms with Crippen LogP contribution in [0.25, 0.3) is 0 Å². The molecule has 0 saturated carbocycles. The van der Waals surface area contributed by atoms with E-state index in [1.54, 1.807) is 0 Å². The van der Waals surface area contributed by atoms with Crippen LogP contribution in [-0.2, 0) is 11.2 Å². The van der Waals surface area contributed by atoms with Crippen LogP contribution in [0, 0.1) is 11.6 Å². The van der Waals surface area contributed by atoms with Gasteiger partial charge in [-0.1, -0.05) is 0 Å². The predicted molar refractivity (Wildman–Crippen MR) is 77.8 cm³/mol. The zero-order chi connectivity index (χ0) is 14.5. The van der Waals surface area contributed by atoms with Gasteiger partial charge in [0.15, 0.2) is 0 Å². The van der Waals surface area contributed by atoms with E-state index < -0.39 is 11.6 Å². The average molecular weight is 299 g/mol. The van der Waals surface area contributed by atoms with E-state index in [0.29, 0.717) is 5.25 Å². The highest BCUT2D eigenvalue weighted by atomic mass is 32.2. The zero-order valence-corrected chi connectivity index (χ0v) is 12.4. The number of hydrogen-bond donors (Lipinski definition) is 0. The van der Waals surface area contributed by atoms with Crippen LogP contribution in [0.2, 0.25) is 0 Å². The number of amides is 1. The molecule has 1 aliphatic heterocycles. The Bertz CT molecular complexity index is 473. The van der Waals surface area contributed by atoms with Crippen LogP contribution in [0.5, 0.6) is 0 Å². The van der Waals surface area contributed by atoms with Crippen molar-refractivity contribution in [1.82, 2.24) is 4.90 Å². The van der Waals surface area contributed by atoms with Gasteiger partial charge >= 0.3 is 0 Å². The average Bonchev–Trinajstić information content (AvgIpc) is 2.48. The molecule has 1 aliphatic rings. The minimum Gasteiger partial charge on any atom is -0.343 e. The standard InChI is InChI=1S/C15H19F2NOS/c1-20-13-6-8-18(9-7-13)15(19)5-2-11-10-12(16)3-4-14(11)17/h3-4,10,13H,2,5-9H2,1H3. The Hall–Kier alpha value is -1.10. The third kappa shape index (κ3) is 3.95. The van der Waals surface area contributed by atoms with Gasteiger partial charge in [-0.2, -0.15) is 11.8 Å². The third-order valence-electron chi connectivity index (χ3n) is 3.74. The van der Waals surface area contributed by atoms with E-state index in [1.165, 1.54) is 6.07 Å². The van der Waals surface area contributed by atoms with Crippen molar-refractivity contribution in [1.29, 1.82) is 0 Å². The first-order valence-corrected chi connectivity index (χ1v) is 8.13. The number of rotatable bonds is 4. The lowest BCUT2D eigenvalue weighted by molar-refractivity contribution is -0.131. The van der Waals surface area contributed by atoms with E-state index in [1.807, 2.05) is 16.7 Å². The molecule has 2 rings (SSSR count). The Morgan fingerprint density at radius 1 is 1.35 bits per heavy atom. The third-order valence-corrected chi connectivity index (χ3v) is 4.88. The maximum atomic E-state index is 13.5. The molecule has 1 aromatic rings. The van der Waals surface area contributed by atoms with Crippen molar-refractivity contribution in [3.05, 3.63) is 35.4 Å². The minimum absolute atomic E-state index is 0.0354. The number of carbonyl (C=O) groups excluding carboxylic acids is 1. The van der Waals surface area contributed by atoms with Crippen molar-refractivity contribution < 1.29 is 13.6 Å². The monoisotopic (exact) mass is 299 g/mol. The minimum atomic E-state index is -0.463. The summed E-state index contributed by atoms with van der Waals surface area (Å²) < 4.78 is 26.5. The quantitative estimate of drug-likeness (QED) is 0.850. The van der Waals surface area contributed by atoms with Gasteiger partial charge in [0.1, 0.15) is 11.6 Å². The molecule has 0 unspecified atom stereocenters. The van der Waals surface area contributed by atoms with Crippen molar-refractivity contribution in [2.75, 3.05) is 19.3 Å². The molecule has 1 fully saturated rings. The number of benzene rings is 1. The number of thioether (sulfide) groups is 1. The van der Waals surface area contributed by atoms with Crippen LogP contribution in [0.4, 0.5) is 8.78 Å². The van der Waals surface area contributed by atoms with Crippen LogP contribution in [0.15, 0.2) is 18.2 Å². The van der Waals surface area contributed by atoms with Gasteiger partial charge in [-0.3, -0.25) is 4.79 Å². The van der Waals surface area contributed by atoms with Crippen molar-refractivity contribution in [2.24, 2.45) is 0 Å². The largest absolute Gasteiger partial charge is 0.343 e. The lowest BCUT2D eigenvalue weighted by Crippen LogP contribution is -2.39. The summed E-state index contributed by atoms with van der Waals surface area (Å²) >= 11 is 1.84. The van der Waals surface area contributed by atoms with Crippen LogP contribution in [-0.4, -0.2) is 35.4 Å². The summed E-state index contributed by atoms with van der Waals surface area (Å²) in [6.07, 6.45) is 4.62. The number of likely N-dealkylation sites (tertiary alicyclic amines) is 1. The Morgan fingerprint density at radius 3 is 2.70 bits per heavy atom. The first-order chi connectivity index (χ1) is 9.60. The number of carbonyl (C=O) groups is 1. The second-order valence-corrected chi connectivity index (χ2v) is 6.19. The Balaban J connectivity index is 1.85. The maximum Gasteiger partial charge on any atom is 0.222 e. The summed E-state index contributed by atoms with van der Waals surface area (Å²) in [5.41, 5.74) is 0.275. The lowest BCUT2D eigenvalue weighted by atomic mass is 10.1. The van der Waals surface area contributed by atoms with Crippen molar-refractivity contribution in [3.63, 3.8) is 0 Å². The molecule has 0 spiro atoms. The number of halogens is 2. The Labute approximate surface area is 122 Å². The molecule has 0 aromatic heterocycles. The highest BCUT2D eigenvalue weighted by molar-refractivity contribution is 7.99. The second kappa shape index (κ2) is 7.07. The fraction of sp³-hybridized carbons (Fsp3) is 0.533. The fourth-order valence-electron chi connectivity index (χ4n) is 2.48.